The Morgan fingerprint density at radius 2 is 2.05 bits per heavy atom. The van der Waals surface area contributed by atoms with E-state index in [0.717, 1.165) is 19.3 Å². The maximum absolute atomic E-state index is 12.7. The number of carbonyl (C=O) groups excluding carboxylic acids is 1. The van der Waals surface area contributed by atoms with Gasteiger partial charge in [-0.1, -0.05) is 0 Å². The van der Waals surface area contributed by atoms with Crippen molar-refractivity contribution in [3.05, 3.63) is 23.8 Å². The van der Waals surface area contributed by atoms with Crippen molar-refractivity contribution >= 4 is 5.78 Å². The van der Waals surface area contributed by atoms with Crippen molar-refractivity contribution < 1.29 is 19.0 Å². The van der Waals surface area contributed by atoms with E-state index >= 15 is 0 Å². The second-order valence-electron chi connectivity index (χ2n) is 4.93. The van der Waals surface area contributed by atoms with Crippen molar-refractivity contribution in [2.45, 2.75) is 31.8 Å². The molecule has 4 nitrogen and oxygen atoms in total. The predicted molar refractivity (Wildman–Crippen MR) is 72.1 cm³/mol. The largest absolute Gasteiger partial charge is 0.497 e. The first-order valence-corrected chi connectivity index (χ1v) is 6.51. The van der Waals surface area contributed by atoms with Crippen LogP contribution >= 0.6 is 0 Å². The van der Waals surface area contributed by atoms with Gasteiger partial charge in [-0.3, -0.25) is 4.79 Å². The zero-order valence-electron chi connectivity index (χ0n) is 11.7. The van der Waals surface area contributed by atoms with E-state index in [1.807, 2.05) is 6.92 Å². The SMILES string of the molecule is COc1ccc(C(=O)C2(C)CCCCO2)c(OC)c1. The van der Waals surface area contributed by atoms with Gasteiger partial charge < -0.3 is 14.2 Å². The van der Waals surface area contributed by atoms with Gasteiger partial charge >= 0.3 is 0 Å². The average Bonchev–Trinajstić information content (AvgIpc) is 2.46. The van der Waals surface area contributed by atoms with E-state index in [0.29, 0.717) is 23.7 Å². The van der Waals surface area contributed by atoms with Crippen LogP contribution in [0.4, 0.5) is 0 Å². The lowest BCUT2D eigenvalue weighted by Crippen LogP contribution is -2.41. The molecule has 104 valence electrons. The molecule has 1 heterocycles. The molecule has 0 saturated carbocycles. The van der Waals surface area contributed by atoms with Gasteiger partial charge in [0, 0.05) is 12.7 Å². The van der Waals surface area contributed by atoms with Crippen molar-refractivity contribution in [3.8, 4) is 11.5 Å². The van der Waals surface area contributed by atoms with Gasteiger partial charge in [-0.25, -0.2) is 0 Å². The highest BCUT2D eigenvalue weighted by molar-refractivity contribution is 6.04. The molecule has 0 aromatic heterocycles. The summed E-state index contributed by atoms with van der Waals surface area (Å²) in [6, 6.07) is 5.23. The zero-order chi connectivity index (χ0) is 13.9. The number of carbonyl (C=O) groups is 1. The van der Waals surface area contributed by atoms with Crippen LogP contribution < -0.4 is 9.47 Å². The Labute approximate surface area is 113 Å². The Kier molecular flexibility index (Phi) is 4.10. The lowest BCUT2D eigenvalue weighted by molar-refractivity contribution is -0.0427. The van der Waals surface area contributed by atoms with Crippen molar-refractivity contribution in [2.24, 2.45) is 0 Å². The van der Waals surface area contributed by atoms with Crippen LogP contribution in [0.5, 0.6) is 11.5 Å². The van der Waals surface area contributed by atoms with E-state index in [2.05, 4.69) is 0 Å². The highest BCUT2D eigenvalue weighted by Gasteiger charge is 2.37. The second kappa shape index (κ2) is 5.61. The molecule has 2 rings (SSSR count). The van der Waals surface area contributed by atoms with Crippen molar-refractivity contribution in [3.63, 3.8) is 0 Å². The van der Waals surface area contributed by atoms with Gasteiger partial charge in [0.1, 0.15) is 17.1 Å². The van der Waals surface area contributed by atoms with Crippen LogP contribution in [0.2, 0.25) is 0 Å². The summed E-state index contributed by atoms with van der Waals surface area (Å²) >= 11 is 0. The van der Waals surface area contributed by atoms with E-state index in [1.165, 1.54) is 0 Å². The Bertz CT molecular complexity index is 461. The summed E-state index contributed by atoms with van der Waals surface area (Å²) < 4.78 is 16.1. The number of hydrogen-bond acceptors (Lipinski definition) is 4. The Hall–Kier alpha value is -1.55. The third-order valence-electron chi connectivity index (χ3n) is 3.60. The van der Waals surface area contributed by atoms with Crippen LogP contribution in [0.1, 0.15) is 36.5 Å². The molecule has 0 spiro atoms. The highest BCUT2D eigenvalue weighted by atomic mass is 16.5. The molecule has 1 aromatic rings. The second-order valence-corrected chi connectivity index (χ2v) is 4.93. The fourth-order valence-electron chi connectivity index (χ4n) is 2.38. The quantitative estimate of drug-likeness (QED) is 0.784. The first-order chi connectivity index (χ1) is 9.10. The molecule has 0 N–H and O–H groups in total. The molecule has 1 saturated heterocycles. The van der Waals surface area contributed by atoms with Gasteiger partial charge in [0.05, 0.1) is 19.8 Å². The summed E-state index contributed by atoms with van der Waals surface area (Å²) in [6.07, 6.45) is 2.78. The van der Waals surface area contributed by atoms with Crippen molar-refractivity contribution in [1.82, 2.24) is 0 Å². The molecule has 1 aliphatic rings. The number of rotatable bonds is 4. The number of methoxy groups -OCH3 is 2. The lowest BCUT2D eigenvalue weighted by Gasteiger charge is -2.32. The van der Waals surface area contributed by atoms with Gasteiger partial charge in [-0.15, -0.1) is 0 Å². The number of hydrogen-bond donors (Lipinski definition) is 0. The fraction of sp³-hybridized carbons (Fsp3) is 0.533. The molecule has 0 amide bonds. The average molecular weight is 264 g/mol. The molecule has 4 heteroatoms. The highest BCUT2D eigenvalue weighted by Crippen LogP contribution is 2.33. The Morgan fingerprint density at radius 3 is 2.63 bits per heavy atom. The first-order valence-electron chi connectivity index (χ1n) is 6.51. The summed E-state index contributed by atoms with van der Waals surface area (Å²) in [7, 11) is 3.14. The summed E-state index contributed by atoms with van der Waals surface area (Å²) in [5.74, 6) is 1.18. The maximum Gasteiger partial charge on any atom is 0.198 e. The van der Waals surface area contributed by atoms with Crippen LogP contribution in [0, 0.1) is 0 Å². The number of benzene rings is 1. The van der Waals surface area contributed by atoms with Crippen molar-refractivity contribution in [1.29, 1.82) is 0 Å². The molecule has 1 aromatic carbocycles. The smallest absolute Gasteiger partial charge is 0.198 e. The van der Waals surface area contributed by atoms with Crippen LogP contribution in [0.3, 0.4) is 0 Å². The molecule has 0 aliphatic carbocycles. The van der Waals surface area contributed by atoms with Crippen LogP contribution in [-0.4, -0.2) is 32.2 Å². The van der Waals surface area contributed by atoms with Gasteiger partial charge in [-0.05, 0) is 38.3 Å². The molecule has 1 fully saturated rings. The Balaban J connectivity index is 2.32. The molecular formula is C15H20O4. The predicted octanol–water partition coefficient (Wildman–Crippen LogP) is 2.85. The zero-order valence-corrected chi connectivity index (χ0v) is 11.7. The van der Waals surface area contributed by atoms with Crippen molar-refractivity contribution in [2.75, 3.05) is 20.8 Å². The fourth-order valence-corrected chi connectivity index (χ4v) is 2.38. The molecule has 0 radical (unpaired) electrons. The molecule has 1 unspecified atom stereocenters. The van der Waals surface area contributed by atoms with E-state index in [9.17, 15) is 4.79 Å². The summed E-state index contributed by atoms with van der Waals surface area (Å²) in [5.41, 5.74) is -0.187. The van der Waals surface area contributed by atoms with Gasteiger partial charge in [0.2, 0.25) is 0 Å². The Morgan fingerprint density at radius 1 is 1.26 bits per heavy atom. The molecule has 1 aliphatic heterocycles. The van der Waals surface area contributed by atoms with Crippen LogP contribution in [0.15, 0.2) is 18.2 Å². The van der Waals surface area contributed by atoms with E-state index in [-0.39, 0.29) is 5.78 Å². The maximum atomic E-state index is 12.7. The van der Waals surface area contributed by atoms with Gasteiger partial charge in [0.25, 0.3) is 0 Å². The number of ether oxygens (including phenoxy) is 3. The van der Waals surface area contributed by atoms with Crippen LogP contribution in [0.25, 0.3) is 0 Å². The minimum Gasteiger partial charge on any atom is -0.497 e. The summed E-state index contributed by atoms with van der Waals surface area (Å²) in [4.78, 5) is 12.7. The number of ketones is 1. The summed E-state index contributed by atoms with van der Waals surface area (Å²) in [5, 5.41) is 0. The van der Waals surface area contributed by atoms with Gasteiger partial charge in [-0.2, -0.15) is 0 Å². The third kappa shape index (κ3) is 2.73. The van der Waals surface area contributed by atoms with E-state index in [4.69, 9.17) is 14.2 Å². The first kappa shape index (κ1) is 13.9. The van der Waals surface area contributed by atoms with Gasteiger partial charge in [0.15, 0.2) is 5.78 Å². The van der Waals surface area contributed by atoms with Crippen LogP contribution in [-0.2, 0) is 4.74 Å². The monoisotopic (exact) mass is 264 g/mol. The van der Waals surface area contributed by atoms with E-state index in [1.54, 1.807) is 32.4 Å². The lowest BCUT2D eigenvalue weighted by atomic mass is 9.87. The molecule has 0 bridgehead atoms. The minimum absolute atomic E-state index is 0.0216. The number of Topliss-reactive ketones (excluding diaryl/α,β-unsaturated/α-hetero) is 1. The van der Waals surface area contributed by atoms with E-state index < -0.39 is 5.60 Å². The molecule has 19 heavy (non-hydrogen) atoms. The standard InChI is InChI=1S/C15H20O4/c1-15(8-4-5-9-19-15)14(16)12-7-6-11(17-2)10-13(12)18-3/h6-7,10H,4-5,8-9H2,1-3H3. The third-order valence-corrected chi connectivity index (χ3v) is 3.60. The minimum atomic E-state index is -0.736. The molecule has 1 atom stereocenters. The topological polar surface area (TPSA) is 44.8 Å². The summed E-state index contributed by atoms with van der Waals surface area (Å²) in [6.45, 7) is 2.50. The normalized spacial score (nSPS) is 22.9. The molecular weight excluding hydrogens is 244 g/mol.